The number of carbonyl (C=O) groups is 1. The summed E-state index contributed by atoms with van der Waals surface area (Å²) in [6.45, 7) is 3.54. The van der Waals surface area contributed by atoms with E-state index in [4.69, 9.17) is 20.6 Å². The minimum Gasteiger partial charge on any atom is -0.490 e. The maximum Gasteiger partial charge on any atom is 0.330 e. The zero-order valence-corrected chi connectivity index (χ0v) is 18.2. The maximum absolute atomic E-state index is 11.9. The Bertz CT molecular complexity index is 843. The number of halogens is 1. The molecule has 0 radical (unpaired) electrons. The second kappa shape index (κ2) is 11.9. The highest BCUT2D eigenvalue weighted by Gasteiger charge is 2.22. The smallest absolute Gasteiger partial charge is 0.330 e. The van der Waals surface area contributed by atoms with E-state index in [2.05, 4.69) is 5.32 Å². The van der Waals surface area contributed by atoms with E-state index in [0.717, 1.165) is 6.54 Å². The third kappa shape index (κ3) is 7.13. The van der Waals surface area contributed by atoms with Crippen LogP contribution in [0.4, 0.5) is 5.69 Å². The van der Waals surface area contributed by atoms with Gasteiger partial charge in [-0.05, 0) is 63.0 Å². The Morgan fingerprint density at radius 3 is 2.37 bits per heavy atom. The molecule has 0 fully saturated rings. The molecule has 0 spiro atoms. The third-order valence-corrected chi connectivity index (χ3v) is 4.15. The van der Waals surface area contributed by atoms with E-state index >= 15 is 0 Å². The highest BCUT2D eigenvalue weighted by atomic mass is 35.5. The summed E-state index contributed by atoms with van der Waals surface area (Å²) in [5.74, 6) is 0.0121. The maximum atomic E-state index is 11.9. The van der Waals surface area contributed by atoms with E-state index in [-0.39, 0.29) is 18.2 Å². The van der Waals surface area contributed by atoms with Gasteiger partial charge in [0.15, 0.2) is 17.5 Å². The van der Waals surface area contributed by atoms with E-state index in [0.29, 0.717) is 41.5 Å². The van der Waals surface area contributed by atoms with Gasteiger partial charge in [0.25, 0.3) is 0 Å². The molecule has 2 aromatic carbocycles. The van der Waals surface area contributed by atoms with Crippen LogP contribution in [-0.4, -0.2) is 55.7 Å². The van der Waals surface area contributed by atoms with Crippen molar-refractivity contribution >= 4 is 29.9 Å². The van der Waals surface area contributed by atoms with Gasteiger partial charge in [-0.1, -0.05) is 6.07 Å². The number of aliphatic carboxylic acids is 1. The largest absolute Gasteiger partial charge is 0.490 e. The summed E-state index contributed by atoms with van der Waals surface area (Å²) in [4.78, 5) is 13.9. The Morgan fingerprint density at radius 1 is 1.17 bits per heavy atom. The number of carboxylic acids is 1. The summed E-state index contributed by atoms with van der Waals surface area (Å²) in [7, 11) is 3.92. The molecular formula is C21H29ClN4O4. The summed E-state index contributed by atoms with van der Waals surface area (Å²) in [5, 5.41) is 20.2. The topological polar surface area (TPSA) is 121 Å². The van der Waals surface area contributed by atoms with Gasteiger partial charge in [0.2, 0.25) is 0 Å². The third-order valence-electron chi connectivity index (χ3n) is 4.15. The lowest BCUT2D eigenvalue weighted by molar-refractivity contribution is -0.138. The minimum atomic E-state index is -1.02. The molecule has 0 aliphatic carbocycles. The molecule has 164 valence electrons. The zero-order chi connectivity index (χ0) is 21.4. The molecule has 30 heavy (non-hydrogen) atoms. The predicted octanol–water partition coefficient (Wildman–Crippen LogP) is 2.97. The molecule has 5 N–H and O–H groups in total. The quantitative estimate of drug-likeness (QED) is 0.315. The molecule has 0 aliphatic heterocycles. The van der Waals surface area contributed by atoms with Crippen LogP contribution in [0.15, 0.2) is 42.5 Å². The van der Waals surface area contributed by atoms with Crippen molar-refractivity contribution in [2.24, 2.45) is 5.73 Å². The number of nitrogens with one attached hydrogen (secondary N) is 2. The van der Waals surface area contributed by atoms with Crippen LogP contribution in [0.1, 0.15) is 24.1 Å². The number of benzene rings is 2. The number of rotatable bonds is 11. The average molecular weight is 437 g/mol. The summed E-state index contributed by atoms with van der Waals surface area (Å²) >= 11 is 0. The Kier molecular flexibility index (Phi) is 9.94. The molecule has 2 aromatic rings. The van der Waals surface area contributed by atoms with Crippen molar-refractivity contribution in [2.75, 3.05) is 39.2 Å². The Labute approximate surface area is 182 Å². The van der Waals surface area contributed by atoms with E-state index in [1.165, 1.54) is 0 Å². The average Bonchev–Trinajstić information content (AvgIpc) is 2.67. The van der Waals surface area contributed by atoms with Gasteiger partial charge in [-0.25, -0.2) is 4.79 Å². The number of carboxylic acid groups (broad SMARTS) is 1. The van der Waals surface area contributed by atoms with E-state index < -0.39 is 12.0 Å². The summed E-state index contributed by atoms with van der Waals surface area (Å²) in [5.41, 5.74) is 7.17. The number of nitrogens with zero attached hydrogens (tertiary/aromatic N) is 1. The number of nitrogen functional groups attached to an aromatic ring is 1. The van der Waals surface area contributed by atoms with Gasteiger partial charge in [0, 0.05) is 17.8 Å². The van der Waals surface area contributed by atoms with Gasteiger partial charge >= 0.3 is 5.97 Å². The van der Waals surface area contributed by atoms with Crippen LogP contribution in [0.3, 0.4) is 0 Å². The highest BCUT2D eigenvalue weighted by molar-refractivity contribution is 5.95. The first kappa shape index (κ1) is 25.1. The molecule has 9 heteroatoms. The lowest BCUT2D eigenvalue weighted by Gasteiger charge is -2.19. The van der Waals surface area contributed by atoms with Gasteiger partial charge in [-0.2, -0.15) is 0 Å². The monoisotopic (exact) mass is 436 g/mol. The van der Waals surface area contributed by atoms with Gasteiger partial charge < -0.3 is 30.5 Å². The van der Waals surface area contributed by atoms with Crippen molar-refractivity contribution in [2.45, 2.75) is 13.0 Å². The first-order valence-corrected chi connectivity index (χ1v) is 9.30. The molecule has 0 aromatic heterocycles. The van der Waals surface area contributed by atoms with Gasteiger partial charge in [-0.15, -0.1) is 12.4 Å². The second-order valence-electron chi connectivity index (χ2n) is 6.70. The number of nitrogens with two attached hydrogens (primary N) is 1. The van der Waals surface area contributed by atoms with E-state index in [1.807, 2.05) is 25.9 Å². The van der Waals surface area contributed by atoms with Crippen molar-refractivity contribution in [1.82, 2.24) is 4.90 Å². The first-order valence-electron chi connectivity index (χ1n) is 9.30. The predicted molar refractivity (Wildman–Crippen MR) is 120 cm³/mol. The minimum absolute atomic E-state index is 0. The van der Waals surface area contributed by atoms with Crippen molar-refractivity contribution in [3.05, 3.63) is 53.6 Å². The van der Waals surface area contributed by atoms with Crippen LogP contribution in [0.2, 0.25) is 0 Å². The molecule has 0 saturated heterocycles. The molecule has 0 aliphatic rings. The zero-order valence-electron chi connectivity index (χ0n) is 17.3. The summed E-state index contributed by atoms with van der Waals surface area (Å²) in [6, 6.07) is 10.9. The molecule has 1 unspecified atom stereocenters. The van der Waals surface area contributed by atoms with E-state index in [9.17, 15) is 9.90 Å². The lowest BCUT2D eigenvalue weighted by Crippen LogP contribution is -2.21. The van der Waals surface area contributed by atoms with E-state index in [1.54, 1.807) is 42.5 Å². The number of hydrogen-bond acceptors (Lipinski definition) is 6. The molecule has 8 nitrogen and oxygen atoms in total. The van der Waals surface area contributed by atoms with Crippen LogP contribution in [0.5, 0.6) is 11.5 Å². The Hall–Kier alpha value is -2.97. The number of ether oxygens (including phenoxy) is 2. The Morgan fingerprint density at radius 2 is 1.83 bits per heavy atom. The van der Waals surface area contributed by atoms with Crippen LogP contribution >= 0.6 is 12.4 Å². The number of likely N-dealkylation sites (N-methyl/N-ethyl adjacent to an activating group) is 1. The second-order valence-corrected chi connectivity index (χ2v) is 6.70. The standard InChI is InChI=1S/C21H28N4O4.ClH/c1-4-28-18-13-15(7-10-17(18)29-12-11-25(2)3)19(21(26)27)24-16-8-5-14(6-9-16)20(22)23;/h5-10,13,19,24H,4,11-12H2,1-3H3,(H3,22,23)(H,26,27);1H. The molecule has 2 rings (SSSR count). The SMILES string of the molecule is CCOc1cc(C(Nc2ccc(C(=N)N)cc2)C(=O)O)ccc1OCCN(C)C.Cl. The number of hydrogen-bond donors (Lipinski definition) is 4. The van der Waals surface area contributed by atoms with Crippen molar-refractivity contribution < 1.29 is 19.4 Å². The fourth-order valence-corrected chi connectivity index (χ4v) is 2.63. The van der Waals surface area contributed by atoms with Gasteiger partial charge in [-0.3, -0.25) is 5.41 Å². The van der Waals surface area contributed by atoms with Crippen molar-refractivity contribution in [3.8, 4) is 11.5 Å². The lowest BCUT2D eigenvalue weighted by atomic mass is 10.1. The number of amidine groups is 1. The molecule has 0 bridgehead atoms. The first-order chi connectivity index (χ1) is 13.8. The van der Waals surface area contributed by atoms with Crippen LogP contribution in [0.25, 0.3) is 0 Å². The molecule has 0 heterocycles. The Balaban J connectivity index is 0.00000450. The van der Waals surface area contributed by atoms with Gasteiger partial charge in [0.1, 0.15) is 12.4 Å². The van der Waals surface area contributed by atoms with Gasteiger partial charge in [0.05, 0.1) is 6.61 Å². The fourth-order valence-electron chi connectivity index (χ4n) is 2.63. The van der Waals surface area contributed by atoms with Crippen molar-refractivity contribution in [1.29, 1.82) is 5.41 Å². The fraction of sp³-hybridized carbons (Fsp3) is 0.333. The molecule has 0 amide bonds. The highest BCUT2D eigenvalue weighted by Crippen LogP contribution is 2.32. The normalized spacial score (nSPS) is 11.3. The molecule has 0 saturated carbocycles. The summed E-state index contributed by atoms with van der Waals surface area (Å²) < 4.78 is 11.4. The van der Waals surface area contributed by atoms with Crippen LogP contribution in [-0.2, 0) is 4.79 Å². The number of anilines is 1. The molecular weight excluding hydrogens is 408 g/mol. The van der Waals surface area contributed by atoms with Crippen LogP contribution in [0, 0.1) is 5.41 Å². The molecule has 1 atom stereocenters. The van der Waals surface area contributed by atoms with Crippen molar-refractivity contribution in [3.63, 3.8) is 0 Å². The van der Waals surface area contributed by atoms with Crippen LogP contribution < -0.4 is 20.5 Å². The summed E-state index contributed by atoms with van der Waals surface area (Å²) in [6.07, 6.45) is 0.